The summed E-state index contributed by atoms with van der Waals surface area (Å²) in [5, 5.41) is 3.45. The number of nitrogens with one attached hydrogen (secondary N) is 1. The molecule has 14 heavy (non-hydrogen) atoms. The molecule has 0 aliphatic rings. The van der Waals surface area contributed by atoms with Crippen LogP contribution in [0.1, 0.15) is 17.8 Å². The Balaban J connectivity index is 2.32. The molecule has 0 radical (unpaired) electrons. The summed E-state index contributed by atoms with van der Waals surface area (Å²) >= 11 is 7.52. The fourth-order valence-electron chi connectivity index (χ4n) is 1.17. The molecule has 4 heteroatoms. The minimum Gasteiger partial charge on any atom is -0.308 e. The fourth-order valence-corrected chi connectivity index (χ4v) is 2.25. The van der Waals surface area contributed by atoms with Crippen molar-refractivity contribution < 1.29 is 0 Å². The molecule has 80 valence electrons. The zero-order valence-electron chi connectivity index (χ0n) is 8.88. The topological polar surface area (TPSA) is 15.3 Å². The lowest BCUT2D eigenvalue weighted by atomic mass is 10.3. The minimum atomic E-state index is 0.396. The smallest absolute Gasteiger partial charge is 0.0931 e. The highest BCUT2D eigenvalue weighted by Gasteiger charge is 2.06. The second-order valence-electron chi connectivity index (χ2n) is 3.62. The molecule has 1 rings (SSSR count). The standard InChI is InChI=1S/C10H17ClN2S/c1-8(12-6-7-13(2)3)9-4-5-10(11)14-9/h4-5,8,12H,6-7H2,1-3H3. The summed E-state index contributed by atoms with van der Waals surface area (Å²) in [7, 11) is 4.16. The summed E-state index contributed by atoms with van der Waals surface area (Å²) in [6.45, 7) is 4.23. The quantitative estimate of drug-likeness (QED) is 0.840. The minimum absolute atomic E-state index is 0.396. The van der Waals surface area contributed by atoms with Crippen LogP contribution in [-0.2, 0) is 0 Å². The van der Waals surface area contributed by atoms with Crippen LogP contribution >= 0.6 is 22.9 Å². The molecule has 0 aliphatic carbocycles. The number of likely N-dealkylation sites (N-methyl/N-ethyl adjacent to an activating group) is 1. The van der Waals surface area contributed by atoms with Crippen LogP contribution in [0.15, 0.2) is 12.1 Å². The number of hydrogen-bond acceptors (Lipinski definition) is 3. The van der Waals surface area contributed by atoms with Crippen LogP contribution in [0.2, 0.25) is 4.34 Å². The van der Waals surface area contributed by atoms with Gasteiger partial charge >= 0.3 is 0 Å². The number of thiophene rings is 1. The van der Waals surface area contributed by atoms with Crippen LogP contribution in [0, 0.1) is 0 Å². The van der Waals surface area contributed by atoms with Gasteiger partial charge in [-0.05, 0) is 33.2 Å². The summed E-state index contributed by atoms with van der Waals surface area (Å²) in [6, 6.07) is 4.43. The van der Waals surface area contributed by atoms with Crippen molar-refractivity contribution in [1.29, 1.82) is 0 Å². The lowest BCUT2D eigenvalue weighted by molar-refractivity contribution is 0.390. The summed E-state index contributed by atoms with van der Waals surface area (Å²) in [4.78, 5) is 3.47. The van der Waals surface area contributed by atoms with Gasteiger partial charge in [0, 0.05) is 24.0 Å². The first kappa shape index (κ1) is 12.0. The number of nitrogens with zero attached hydrogens (tertiary/aromatic N) is 1. The van der Waals surface area contributed by atoms with Crippen LogP contribution in [0.25, 0.3) is 0 Å². The largest absolute Gasteiger partial charge is 0.308 e. The third-order valence-corrected chi connectivity index (χ3v) is 3.44. The van der Waals surface area contributed by atoms with E-state index in [0.717, 1.165) is 17.4 Å². The average Bonchev–Trinajstić information content (AvgIpc) is 2.51. The highest BCUT2D eigenvalue weighted by molar-refractivity contribution is 7.16. The Morgan fingerprint density at radius 2 is 2.21 bits per heavy atom. The van der Waals surface area contributed by atoms with Crippen LogP contribution in [0.4, 0.5) is 0 Å². The number of hydrogen-bond donors (Lipinski definition) is 1. The van der Waals surface area contributed by atoms with E-state index in [4.69, 9.17) is 11.6 Å². The third-order valence-electron chi connectivity index (χ3n) is 2.03. The molecule has 0 aromatic carbocycles. The highest BCUT2D eigenvalue weighted by Crippen LogP contribution is 2.26. The summed E-state index contributed by atoms with van der Waals surface area (Å²) in [5.41, 5.74) is 0. The summed E-state index contributed by atoms with van der Waals surface area (Å²) < 4.78 is 0.862. The Hall–Kier alpha value is -0.0900. The highest BCUT2D eigenvalue weighted by atomic mass is 35.5. The van der Waals surface area contributed by atoms with Gasteiger partial charge < -0.3 is 10.2 Å². The van der Waals surface area contributed by atoms with E-state index >= 15 is 0 Å². The molecule has 0 bridgehead atoms. The predicted octanol–water partition coefficient (Wildman–Crippen LogP) is 2.61. The van der Waals surface area contributed by atoms with Gasteiger partial charge in [0.2, 0.25) is 0 Å². The van der Waals surface area contributed by atoms with Gasteiger partial charge in [-0.1, -0.05) is 11.6 Å². The van der Waals surface area contributed by atoms with Crippen molar-refractivity contribution in [3.8, 4) is 0 Å². The first-order chi connectivity index (χ1) is 6.59. The van der Waals surface area contributed by atoms with E-state index in [-0.39, 0.29) is 0 Å². The normalized spacial score (nSPS) is 13.5. The van der Waals surface area contributed by atoms with Gasteiger partial charge in [0.15, 0.2) is 0 Å². The van der Waals surface area contributed by atoms with Crippen molar-refractivity contribution in [2.45, 2.75) is 13.0 Å². The molecule has 1 N–H and O–H groups in total. The van der Waals surface area contributed by atoms with E-state index in [9.17, 15) is 0 Å². The second-order valence-corrected chi connectivity index (χ2v) is 5.37. The van der Waals surface area contributed by atoms with Crippen LogP contribution in [-0.4, -0.2) is 32.1 Å². The van der Waals surface area contributed by atoms with Gasteiger partial charge in [0.25, 0.3) is 0 Å². The molecule has 1 atom stereocenters. The molecule has 0 amide bonds. The first-order valence-corrected chi connectivity index (χ1v) is 5.92. The third kappa shape index (κ3) is 3.96. The van der Waals surface area contributed by atoms with Crippen LogP contribution in [0.5, 0.6) is 0 Å². The van der Waals surface area contributed by atoms with Crippen LogP contribution in [0.3, 0.4) is 0 Å². The molecular formula is C10H17ClN2S. The van der Waals surface area contributed by atoms with E-state index in [1.54, 1.807) is 11.3 Å². The lowest BCUT2D eigenvalue weighted by Crippen LogP contribution is -2.28. The molecular weight excluding hydrogens is 216 g/mol. The molecule has 0 aliphatic heterocycles. The molecule has 0 saturated carbocycles. The summed E-state index contributed by atoms with van der Waals surface area (Å²) in [6.07, 6.45) is 0. The van der Waals surface area contributed by atoms with E-state index in [2.05, 4.69) is 37.3 Å². The molecule has 1 aromatic heterocycles. The van der Waals surface area contributed by atoms with Gasteiger partial charge in [-0.3, -0.25) is 0 Å². The molecule has 1 unspecified atom stereocenters. The first-order valence-electron chi connectivity index (χ1n) is 4.73. The molecule has 1 aromatic rings. The zero-order chi connectivity index (χ0) is 10.6. The van der Waals surface area contributed by atoms with Crippen molar-refractivity contribution >= 4 is 22.9 Å². The maximum Gasteiger partial charge on any atom is 0.0931 e. The summed E-state index contributed by atoms with van der Waals surface area (Å²) in [5.74, 6) is 0. The van der Waals surface area contributed by atoms with Crippen molar-refractivity contribution in [3.05, 3.63) is 21.3 Å². The van der Waals surface area contributed by atoms with Crippen molar-refractivity contribution in [1.82, 2.24) is 10.2 Å². The van der Waals surface area contributed by atoms with Gasteiger partial charge in [-0.2, -0.15) is 0 Å². The Bertz CT molecular complexity index is 273. The molecule has 0 spiro atoms. The Labute approximate surface area is 94.9 Å². The molecule has 1 heterocycles. The monoisotopic (exact) mass is 232 g/mol. The Morgan fingerprint density at radius 1 is 1.50 bits per heavy atom. The van der Waals surface area contributed by atoms with E-state index in [1.165, 1.54) is 4.88 Å². The maximum atomic E-state index is 5.87. The lowest BCUT2D eigenvalue weighted by Gasteiger charge is -2.14. The fraction of sp³-hybridized carbons (Fsp3) is 0.600. The van der Waals surface area contributed by atoms with E-state index in [1.807, 2.05) is 6.07 Å². The van der Waals surface area contributed by atoms with Crippen molar-refractivity contribution in [2.24, 2.45) is 0 Å². The van der Waals surface area contributed by atoms with E-state index in [0.29, 0.717) is 6.04 Å². The maximum absolute atomic E-state index is 5.87. The molecule has 2 nitrogen and oxygen atoms in total. The SMILES string of the molecule is CC(NCCN(C)C)c1ccc(Cl)s1. The average molecular weight is 233 g/mol. The van der Waals surface area contributed by atoms with Gasteiger partial charge in [-0.25, -0.2) is 0 Å². The number of rotatable bonds is 5. The Kier molecular flexibility index (Phi) is 4.89. The van der Waals surface area contributed by atoms with Crippen molar-refractivity contribution in [2.75, 3.05) is 27.2 Å². The zero-order valence-corrected chi connectivity index (χ0v) is 10.5. The van der Waals surface area contributed by atoms with Gasteiger partial charge in [0.05, 0.1) is 4.34 Å². The van der Waals surface area contributed by atoms with Crippen LogP contribution < -0.4 is 5.32 Å². The van der Waals surface area contributed by atoms with Crippen molar-refractivity contribution in [3.63, 3.8) is 0 Å². The Morgan fingerprint density at radius 3 is 2.71 bits per heavy atom. The van der Waals surface area contributed by atoms with Gasteiger partial charge in [0.1, 0.15) is 0 Å². The molecule has 0 fully saturated rings. The van der Waals surface area contributed by atoms with Gasteiger partial charge in [-0.15, -0.1) is 11.3 Å². The molecule has 0 saturated heterocycles. The number of halogens is 1. The van der Waals surface area contributed by atoms with E-state index < -0.39 is 0 Å². The predicted molar refractivity (Wildman–Crippen MR) is 64.3 cm³/mol. The second kappa shape index (κ2) is 5.71.